The van der Waals surface area contributed by atoms with E-state index in [0.717, 1.165) is 12.0 Å². The summed E-state index contributed by atoms with van der Waals surface area (Å²) in [6.45, 7) is 4.93. The Balaban J connectivity index is 1.88. The van der Waals surface area contributed by atoms with Gasteiger partial charge in [0.2, 0.25) is 11.8 Å². The Morgan fingerprint density at radius 3 is 2.59 bits per heavy atom. The molecule has 0 saturated heterocycles. The van der Waals surface area contributed by atoms with Gasteiger partial charge in [-0.3, -0.25) is 9.59 Å². The molecule has 0 aliphatic carbocycles. The molecule has 0 fully saturated rings. The summed E-state index contributed by atoms with van der Waals surface area (Å²) < 4.78 is 1.64. The highest BCUT2D eigenvalue weighted by Gasteiger charge is 2.14. The molecule has 146 valence electrons. The smallest absolute Gasteiger partial charge is 0.240 e. The van der Waals surface area contributed by atoms with Crippen molar-refractivity contribution in [3.8, 4) is 0 Å². The summed E-state index contributed by atoms with van der Waals surface area (Å²) in [4.78, 5) is 28.3. The van der Waals surface area contributed by atoms with Crippen molar-refractivity contribution in [1.82, 2.24) is 20.2 Å². The molecule has 2 amide bonds. The Kier molecular flexibility index (Phi) is 8.35. The first kappa shape index (κ1) is 21.0. The lowest BCUT2D eigenvalue weighted by Gasteiger charge is -2.11. The zero-order valence-electron chi connectivity index (χ0n) is 15.7. The van der Waals surface area contributed by atoms with Gasteiger partial charge in [-0.15, -0.1) is 0 Å². The second-order valence-electron chi connectivity index (χ2n) is 6.18. The topological polar surface area (TPSA) is 96.2 Å². The van der Waals surface area contributed by atoms with E-state index in [9.17, 15) is 14.7 Å². The van der Waals surface area contributed by atoms with Gasteiger partial charge in [0.15, 0.2) is 5.16 Å². The summed E-state index contributed by atoms with van der Waals surface area (Å²) in [7, 11) is 0. The standard InChI is InChI=1S/C19H26N4O3S/c1-3-8-20-17(25)11-23-16(12-24)10-22-19(23)27-13-18(26)21-9-15-6-4-14(2)5-7-15/h4-7,10,24H,3,8-9,11-13H2,1-2H3,(H,20,25)(H,21,26). The maximum absolute atomic E-state index is 12.1. The number of hydrogen-bond donors (Lipinski definition) is 3. The quantitative estimate of drug-likeness (QED) is 0.536. The van der Waals surface area contributed by atoms with Gasteiger partial charge in [-0.2, -0.15) is 0 Å². The predicted molar refractivity (Wildman–Crippen MR) is 105 cm³/mol. The number of aliphatic hydroxyl groups excluding tert-OH is 1. The van der Waals surface area contributed by atoms with E-state index < -0.39 is 0 Å². The molecule has 2 aromatic rings. The van der Waals surface area contributed by atoms with Gasteiger partial charge < -0.3 is 20.3 Å². The van der Waals surface area contributed by atoms with Crippen LogP contribution in [0, 0.1) is 6.92 Å². The third-order valence-electron chi connectivity index (χ3n) is 3.88. The molecule has 0 aliphatic heterocycles. The molecule has 0 radical (unpaired) electrons. The molecule has 2 rings (SSSR count). The first-order valence-electron chi connectivity index (χ1n) is 8.90. The van der Waals surface area contributed by atoms with E-state index in [1.165, 1.54) is 23.5 Å². The van der Waals surface area contributed by atoms with Crippen LogP contribution < -0.4 is 10.6 Å². The molecule has 0 aliphatic rings. The van der Waals surface area contributed by atoms with Crippen LogP contribution in [0.5, 0.6) is 0 Å². The number of hydrogen-bond acceptors (Lipinski definition) is 5. The Bertz CT molecular complexity index is 759. The number of thioether (sulfide) groups is 1. The average molecular weight is 391 g/mol. The second kappa shape index (κ2) is 10.7. The van der Waals surface area contributed by atoms with E-state index >= 15 is 0 Å². The summed E-state index contributed by atoms with van der Waals surface area (Å²) in [5.74, 6) is -0.0732. The van der Waals surface area contributed by atoms with Crippen LogP contribution >= 0.6 is 11.8 Å². The molecule has 1 heterocycles. The van der Waals surface area contributed by atoms with Crippen molar-refractivity contribution >= 4 is 23.6 Å². The minimum Gasteiger partial charge on any atom is -0.390 e. The van der Waals surface area contributed by atoms with Gasteiger partial charge in [-0.05, 0) is 18.9 Å². The molecule has 0 saturated carbocycles. The van der Waals surface area contributed by atoms with Crippen molar-refractivity contribution in [1.29, 1.82) is 0 Å². The fourth-order valence-corrected chi connectivity index (χ4v) is 3.18. The summed E-state index contributed by atoms with van der Waals surface area (Å²) >= 11 is 1.24. The van der Waals surface area contributed by atoms with Crippen LogP contribution in [0.25, 0.3) is 0 Å². The Morgan fingerprint density at radius 2 is 1.93 bits per heavy atom. The molecule has 1 aromatic carbocycles. The van der Waals surface area contributed by atoms with E-state index in [0.29, 0.717) is 23.9 Å². The largest absolute Gasteiger partial charge is 0.390 e. The molecule has 0 unspecified atom stereocenters. The lowest BCUT2D eigenvalue weighted by atomic mass is 10.1. The zero-order valence-corrected chi connectivity index (χ0v) is 16.5. The number of benzene rings is 1. The molecule has 0 bridgehead atoms. The minimum atomic E-state index is -0.214. The van der Waals surface area contributed by atoms with Crippen molar-refractivity contribution < 1.29 is 14.7 Å². The number of rotatable bonds is 10. The SMILES string of the molecule is CCCNC(=O)Cn1c(CO)cnc1SCC(=O)NCc1ccc(C)cc1. The zero-order chi connectivity index (χ0) is 19.6. The second-order valence-corrected chi connectivity index (χ2v) is 7.12. The van der Waals surface area contributed by atoms with Crippen molar-refractivity contribution in [2.45, 2.75) is 45.1 Å². The maximum atomic E-state index is 12.1. The number of aryl methyl sites for hydroxylation is 1. The lowest BCUT2D eigenvalue weighted by Crippen LogP contribution is -2.29. The van der Waals surface area contributed by atoms with Crippen LogP contribution in [0.2, 0.25) is 0 Å². The van der Waals surface area contributed by atoms with Crippen molar-refractivity contribution in [3.05, 3.63) is 47.3 Å². The summed E-state index contributed by atoms with van der Waals surface area (Å²) in [6.07, 6.45) is 2.38. The van der Waals surface area contributed by atoms with Gasteiger partial charge in [0, 0.05) is 13.1 Å². The summed E-state index contributed by atoms with van der Waals surface area (Å²) in [5, 5.41) is 15.7. The predicted octanol–water partition coefficient (Wildman–Crippen LogP) is 1.62. The van der Waals surface area contributed by atoms with Crippen LogP contribution in [0.4, 0.5) is 0 Å². The molecule has 3 N–H and O–H groups in total. The molecular formula is C19H26N4O3S. The van der Waals surface area contributed by atoms with Gasteiger partial charge >= 0.3 is 0 Å². The first-order valence-corrected chi connectivity index (χ1v) is 9.89. The Labute approximate surface area is 163 Å². The monoisotopic (exact) mass is 390 g/mol. The van der Waals surface area contributed by atoms with Gasteiger partial charge in [0.05, 0.1) is 24.3 Å². The molecular weight excluding hydrogens is 364 g/mol. The molecule has 27 heavy (non-hydrogen) atoms. The van der Waals surface area contributed by atoms with Crippen molar-refractivity contribution in [2.24, 2.45) is 0 Å². The maximum Gasteiger partial charge on any atom is 0.240 e. The number of carbonyl (C=O) groups excluding carboxylic acids is 2. The third kappa shape index (κ3) is 6.73. The van der Waals surface area contributed by atoms with Crippen LogP contribution in [-0.2, 0) is 29.3 Å². The van der Waals surface area contributed by atoms with E-state index in [2.05, 4.69) is 15.6 Å². The number of amides is 2. The number of nitrogens with one attached hydrogen (secondary N) is 2. The first-order chi connectivity index (χ1) is 13.0. The Hall–Kier alpha value is -2.32. The highest BCUT2D eigenvalue weighted by Crippen LogP contribution is 2.18. The number of imidazole rings is 1. The van der Waals surface area contributed by atoms with E-state index in [-0.39, 0.29) is 30.7 Å². The number of aromatic nitrogens is 2. The molecule has 8 heteroatoms. The summed E-state index contributed by atoms with van der Waals surface area (Å²) in [5.41, 5.74) is 2.76. The minimum absolute atomic E-state index is 0.0726. The van der Waals surface area contributed by atoms with Gasteiger partial charge in [-0.25, -0.2) is 4.98 Å². The molecule has 0 spiro atoms. The van der Waals surface area contributed by atoms with E-state index in [1.807, 2.05) is 38.1 Å². The molecule has 0 atom stereocenters. The highest BCUT2D eigenvalue weighted by atomic mass is 32.2. The van der Waals surface area contributed by atoms with Gasteiger partial charge in [0.25, 0.3) is 0 Å². The van der Waals surface area contributed by atoms with Crippen molar-refractivity contribution in [2.75, 3.05) is 12.3 Å². The van der Waals surface area contributed by atoms with Gasteiger partial charge in [0.1, 0.15) is 6.54 Å². The van der Waals surface area contributed by atoms with Crippen LogP contribution in [0.15, 0.2) is 35.6 Å². The number of carbonyl (C=O) groups is 2. The number of aliphatic hydroxyl groups is 1. The van der Waals surface area contributed by atoms with E-state index in [1.54, 1.807) is 4.57 Å². The van der Waals surface area contributed by atoms with Crippen LogP contribution in [-0.4, -0.2) is 38.8 Å². The highest BCUT2D eigenvalue weighted by molar-refractivity contribution is 7.99. The van der Waals surface area contributed by atoms with Crippen LogP contribution in [0.1, 0.15) is 30.2 Å². The number of nitrogens with zero attached hydrogens (tertiary/aromatic N) is 2. The van der Waals surface area contributed by atoms with E-state index in [4.69, 9.17) is 0 Å². The van der Waals surface area contributed by atoms with Gasteiger partial charge in [-0.1, -0.05) is 48.5 Å². The Morgan fingerprint density at radius 1 is 1.19 bits per heavy atom. The molecule has 7 nitrogen and oxygen atoms in total. The van der Waals surface area contributed by atoms with Crippen LogP contribution in [0.3, 0.4) is 0 Å². The third-order valence-corrected chi connectivity index (χ3v) is 4.87. The fourth-order valence-electron chi connectivity index (χ4n) is 2.35. The lowest BCUT2D eigenvalue weighted by molar-refractivity contribution is -0.122. The normalized spacial score (nSPS) is 10.6. The molecule has 1 aromatic heterocycles. The average Bonchev–Trinajstić information content (AvgIpc) is 3.05. The van der Waals surface area contributed by atoms with Crippen molar-refractivity contribution in [3.63, 3.8) is 0 Å². The fraction of sp³-hybridized carbons (Fsp3) is 0.421. The summed E-state index contributed by atoms with van der Waals surface area (Å²) in [6, 6.07) is 7.98.